The lowest BCUT2D eigenvalue weighted by molar-refractivity contribution is 0.101. The third-order valence-corrected chi connectivity index (χ3v) is 5.38. The largest absolute Gasteiger partial charge is 0.331 e. The molecule has 0 bridgehead atoms. The maximum absolute atomic E-state index is 12.6. The molecule has 0 spiro atoms. The van der Waals surface area contributed by atoms with Crippen molar-refractivity contribution < 1.29 is 18.0 Å². The maximum Gasteiger partial charge on any atom is 0.285 e. The van der Waals surface area contributed by atoms with Crippen LogP contribution < -0.4 is 10.2 Å². The minimum atomic E-state index is -3.84. The van der Waals surface area contributed by atoms with Gasteiger partial charge in [0.15, 0.2) is 5.78 Å². The van der Waals surface area contributed by atoms with Crippen molar-refractivity contribution in [3.63, 3.8) is 0 Å². The summed E-state index contributed by atoms with van der Waals surface area (Å²) in [5.41, 5.74) is 1.63. The van der Waals surface area contributed by atoms with Crippen molar-refractivity contribution in [1.29, 1.82) is 0 Å². The zero-order valence-electron chi connectivity index (χ0n) is 15.0. The van der Waals surface area contributed by atoms with Crippen LogP contribution in [0.4, 0.5) is 11.4 Å². The highest BCUT2D eigenvalue weighted by atomic mass is 32.2. The van der Waals surface area contributed by atoms with Crippen molar-refractivity contribution in [3.8, 4) is 0 Å². The molecule has 140 valence electrons. The number of anilines is 2. The summed E-state index contributed by atoms with van der Waals surface area (Å²) in [5, 5.41) is 2.69. The number of hydrogen-bond donors (Lipinski definition) is 1. The van der Waals surface area contributed by atoms with Gasteiger partial charge in [-0.3, -0.25) is 9.59 Å². The lowest BCUT2D eigenvalue weighted by atomic mass is 10.1. The predicted molar refractivity (Wildman–Crippen MR) is 104 cm³/mol. The van der Waals surface area contributed by atoms with Crippen molar-refractivity contribution in [3.05, 3.63) is 53.6 Å². The fourth-order valence-corrected chi connectivity index (χ4v) is 3.85. The van der Waals surface area contributed by atoms with E-state index in [9.17, 15) is 18.0 Å². The number of rotatable bonds is 5. The maximum atomic E-state index is 12.6. The van der Waals surface area contributed by atoms with Crippen LogP contribution in [0.15, 0.2) is 51.8 Å². The number of nitrogens with one attached hydrogen (secondary N) is 1. The van der Waals surface area contributed by atoms with Crippen LogP contribution in [0, 0.1) is 0 Å². The Hall–Kier alpha value is -3.00. The molecule has 0 fully saturated rings. The number of Topliss-reactive ketones (excluding diaryl/α,β-unsaturated/α-hetero) is 1. The summed E-state index contributed by atoms with van der Waals surface area (Å²) in [4.78, 5) is 25.8. The molecule has 0 saturated heterocycles. The van der Waals surface area contributed by atoms with Gasteiger partial charge in [-0.1, -0.05) is 19.1 Å². The number of ketones is 1. The van der Waals surface area contributed by atoms with Gasteiger partial charge in [-0.25, -0.2) is 0 Å². The second-order valence-corrected chi connectivity index (χ2v) is 7.76. The summed E-state index contributed by atoms with van der Waals surface area (Å²) in [7, 11) is -3.84. The van der Waals surface area contributed by atoms with E-state index >= 15 is 0 Å². The zero-order valence-corrected chi connectivity index (χ0v) is 15.8. The lowest BCUT2D eigenvalue weighted by Crippen LogP contribution is -2.28. The smallest absolute Gasteiger partial charge is 0.285 e. The van der Waals surface area contributed by atoms with Crippen LogP contribution in [0.25, 0.3) is 0 Å². The van der Waals surface area contributed by atoms with E-state index in [1.165, 1.54) is 19.3 Å². The summed E-state index contributed by atoms with van der Waals surface area (Å²) >= 11 is 0. The Morgan fingerprint density at radius 1 is 1.11 bits per heavy atom. The van der Waals surface area contributed by atoms with Gasteiger partial charge in [-0.05, 0) is 43.7 Å². The van der Waals surface area contributed by atoms with Crippen LogP contribution in [0.3, 0.4) is 0 Å². The van der Waals surface area contributed by atoms with E-state index in [1.54, 1.807) is 41.3 Å². The van der Waals surface area contributed by atoms with Gasteiger partial charge in [0, 0.05) is 23.4 Å². The van der Waals surface area contributed by atoms with Crippen molar-refractivity contribution in [2.45, 2.75) is 25.2 Å². The molecule has 0 saturated carbocycles. The predicted octanol–water partition coefficient (Wildman–Crippen LogP) is 3.09. The molecule has 0 radical (unpaired) electrons. The average Bonchev–Trinajstić information content (AvgIpc) is 2.64. The number of hydrogen-bond acceptors (Lipinski definition) is 5. The number of fused-ring (bicyclic) bond motifs is 1. The molecule has 0 atom stereocenters. The van der Waals surface area contributed by atoms with Gasteiger partial charge in [-0.15, -0.1) is 4.40 Å². The number of nitrogens with zero attached hydrogens (tertiary/aromatic N) is 2. The number of amides is 1. The molecular weight excluding hydrogens is 366 g/mol. The fraction of sp³-hybridized carbons (Fsp3) is 0.211. The van der Waals surface area contributed by atoms with E-state index in [0.29, 0.717) is 23.5 Å². The molecule has 0 aliphatic carbocycles. The van der Waals surface area contributed by atoms with Crippen molar-refractivity contribution in [2.75, 3.05) is 16.8 Å². The van der Waals surface area contributed by atoms with E-state index in [1.807, 2.05) is 6.92 Å². The second kappa shape index (κ2) is 7.32. The summed E-state index contributed by atoms with van der Waals surface area (Å²) < 4.78 is 28.2. The Kier molecular flexibility index (Phi) is 5.09. The van der Waals surface area contributed by atoms with Gasteiger partial charge < -0.3 is 10.2 Å². The van der Waals surface area contributed by atoms with Gasteiger partial charge in [-0.2, -0.15) is 8.42 Å². The van der Waals surface area contributed by atoms with E-state index in [4.69, 9.17) is 0 Å². The van der Waals surface area contributed by atoms with Crippen LogP contribution >= 0.6 is 0 Å². The molecule has 1 amide bonds. The van der Waals surface area contributed by atoms with Crippen molar-refractivity contribution in [2.24, 2.45) is 4.40 Å². The SMILES string of the molecule is CCCN1C=NS(=O)(=O)c2cc(C(=O)Nc3cccc(C(C)=O)c3)ccc21. The van der Waals surface area contributed by atoms with E-state index in [2.05, 4.69) is 9.71 Å². The molecule has 1 aliphatic rings. The molecule has 7 nitrogen and oxygen atoms in total. The number of benzene rings is 2. The first-order valence-corrected chi connectivity index (χ1v) is 9.89. The minimum absolute atomic E-state index is 0.00332. The van der Waals surface area contributed by atoms with Crippen LogP contribution in [0.1, 0.15) is 41.0 Å². The molecule has 1 heterocycles. The lowest BCUT2D eigenvalue weighted by Gasteiger charge is -2.25. The molecule has 1 N–H and O–H groups in total. The summed E-state index contributed by atoms with van der Waals surface area (Å²) in [6, 6.07) is 11.1. The van der Waals surface area contributed by atoms with Crippen molar-refractivity contribution in [1.82, 2.24) is 0 Å². The van der Waals surface area contributed by atoms with E-state index < -0.39 is 15.9 Å². The molecule has 0 unspecified atom stereocenters. The molecule has 3 rings (SSSR count). The Balaban J connectivity index is 1.92. The Bertz CT molecular complexity index is 1040. The van der Waals surface area contributed by atoms with E-state index in [-0.39, 0.29) is 16.2 Å². The highest BCUT2D eigenvalue weighted by Crippen LogP contribution is 2.31. The fourth-order valence-electron chi connectivity index (χ4n) is 2.78. The molecular formula is C19H19N3O4S. The molecule has 1 aliphatic heterocycles. The van der Waals surface area contributed by atoms with Crippen LogP contribution in [-0.2, 0) is 10.0 Å². The first-order valence-electron chi connectivity index (χ1n) is 8.45. The van der Waals surface area contributed by atoms with Crippen LogP contribution in [-0.4, -0.2) is 33.0 Å². The summed E-state index contributed by atoms with van der Waals surface area (Å²) in [6.45, 7) is 4.04. The normalized spacial score (nSPS) is 14.5. The second-order valence-electron chi connectivity index (χ2n) is 6.16. The first-order chi connectivity index (χ1) is 12.8. The van der Waals surface area contributed by atoms with Gasteiger partial charge >= 0.3 is 0 Å². The number of carbonyl (C=O) groups is 2. The molecule has 8 heteroatoms. The molecule has 2 aromatic carbocycles. The summed E-state index contributed by atoms with van der Waals surface area (Å²) in [6.07, 6.45) is 2.12. The number of carbonyl (C=O) groups excluding carboxylic acids is 2. The van der Waals surface area contributed by atoms with Gasteiger partial charge in [0.1, 0.15) is 11.2 Å². The van der Waals surface area contributed by atoms with Crippen LogP contribution in [0.2, 0.25) is 0 Å². The Morgan fingerprint density at radius 2 is 1.89 bits per heavy atom. The highest BCUT2D eigenvalue weighted by Gasteiger charge is 2.26. The Labute approximate surface area is 157 Å². The third kappa shape index (κ3) is 3.90. The Morgan fingerprint density at radius 3 is 2.59 bits per heavy atom. The average molecular weight is 385 g/mol. The van der Waals surface area contributed by atoms with Crippen molar-refractivity contribution >= 4 is 39.4 Å². The number of sulfonamides is 1. The third-order valence-electron chi connectivity index (χ3n) is 4.13. The van der Waals surface area contributed by atoms with E-state index in [0.717, 1.165) is 6.42 Å². The topological polar surface area (TPSA) is 95.9 Å². The molecule has 2 aromatic rings. The standard InChI is InChI=1S/C19H19N3O4S/c1-3-9-22-12-20-27(25,26)18-11-15(7-8-17(18)22)19(24)21-16-6-4-5-14(10-16)13(2)23/h4-8,10-12H,3,9H2,1-2H3,(H,21,24). The molecule has 27 heavy (non-hydrogen) atoms. The first kappa shape index (κ1) is 18.8. The monoisotopic (exact) mass is 385 g/mol. The quantitative estimate of drug-likeness (QED) is 0.798. The van der Waals surface area contributed by atoms with Gasteiger partial charge in [0.25, 0.3) is 15.9 Å². The minimum Gasteiger partial charge on any atom is -0.331 e. The highest BCUT2D eigenvalue weighted by molar-refractivity contribution is 7.90. The van der Waals surface area contributed by atoms with Gasteiger partial charge in [0.2, 0.25) is 0 Å². The summed E-state index contributed by atoms with van der Waals surface area (Å²) in [5.74, 6) is -0.579. The molecule has 0 aromatic heterocycles. The zero-order chi connectivity index (χ0) is 19.6. The van der Waals surface area contributed by atoms with Gasteiger partial charge in [0.05, 0.1) is 5.69 Å². The van der Waals surface area contributed by atoms with Crippen LogP contribution in [0.5, 0.6) is 0 Å².